The third kappa shape index (κ3) is 8.77. The van der Waals surface area contributed by atoms with E-state index < -0.39 is 8.07 Å². The van der Waals surface area contributed by atoms with Crippen LogP contribution in [0, 0.1) is 11.5 Å². The summed E-state index contributed by atoms with van der Waals surface area (Å²) in [6.07, 6.45) is 0. The Kier molecular flexibility index (Phi) is 7.66. The Bertz CT molecular complexity index is 404. The standard InChI is InChI=1S/C10H13Si.C5H5.Fe/c1-11(2,3)9-8-10-6-4-5-7-10;1-2-4-5-3-1;/h4-7H,1-3H3;1-5H;/q-1;-5;. The van der Waals surface area contributed by atoms with Crippen molar-refractivity contribution in [3.63, 3.8) is 0 Å². The first-order valence-electron chi connectivity index (χ1n) is 5.49. The van der Waals surface area contributed by atoms with Gasteiger partial charge in [-0.1, -0.05) is 25.2 Å². The number of hydrogen-bond acceptors (Lipinski definition) is 0. The SMILES string of the molecule is C[Si](C)(C)C#C[c-]1cccc1.[Fe].[cH-]1[cH-][cH-][cH-][cH-]1. The van der Waals surface area contributed by atoms with E-state index in [1.807, 2.05) is 54.6 Å². The summed E-state index contributed by atoms with van der Waals surface area (Å²) in [5, 5.41) is 0. The zero-order chi connectivity index (χ0) is 11.9. The summed E-state index contributed by atoms with van der Waals surface area (Å²) in [6, 6.07) is 18.1. The van der Waals surface area contributed by atoms with Gasteiger partial charge in [-0.05, 0) is 0 Å². The van der Waals surface area contributed by atoms with Gasteiger partial charge in [-0.25, -0.2) is 5.54 Å². The fourth-order valence-electron chi connectivity index (χ4n) is 1.04. The molecular formula is C15H18FeSi-6. The molecule has 0 aliphatic heterocycles. The van der Waals surface area contributed by atoms with Crippen LogP contribution in [0.2, 0.25) is 19.6 Å². The maximum Gasteiger partial charge on any atom is 0.0678 e. The summed E-state index contributed by atoms with van der Waals surface area (Å²) in [7, 11) is -1.17. The van der Waals surface area contributed by atoms with Crippen molar-refractivity contribution in [2.75, 3.05) is 0 Å². The molecule has 0 amide bonds. The third-order valence-corrected chi connectivity index (χ3v) is 2.68. The van der Waals surface area contributed by atoms with Crippen LogP contribution in [-0.2, 0) is 17.1 Å². The second-order valence-electron chi connectivity index (χ2n) is 4.64. The molecule has 0 bridgehead atoms. The average Bonchev–Trinajstić information content (AvgIpc) is 2.90. The molecule has 17 heavy (non-hydrogen) atoms. The monoisotopic (exact) mass is 282 g/mol. The topological polar surface area (TPSA) is 0 Å². The van der Waals surface area contributed by atoms with Crippen LogP contribution in [0.15, 0.2) is 54.6 Å². The largest absolute Gasteiger partial charge is 0.748 e. The zero-order valence-corrected chi connectivity index (χ0v) is 12.7. The molecule has 0 unspecified atom stereocenters. The van der Waals surface area contributed by atoms with E-state index in [2.05, 4.69) is 31.1 Å². The molecule has 0 spiro atoms. The van der Waals surface area contributed by atoms with Gasteiger partial charge in [0.1, 0.15) is 0 Å². The molecule has 96 valence electrons. The van der Waals surface area contributed by atoms with Gasteiger partial charge in [-0.15, -0.1) is 12.1 Å². The summed E-state index contributed by atoms with van der Waals surface area (Å²) in [4.78, 5) is 0. The number of rotatable bonds is 0. The molecular weight excluding hydrogens is 264 g/mol. The third-order valence-electron chi connectivity index (χ3n) is 1.80. The Morgan fingerprint density at radius 2 is 1.29 bits per heavy atom. The van der Waals surface area contributed by atoms with Gasteiger partial charge in [0.05, 0.1) is 8.07 Å². The molecule has 0 aliphatic rings. The Morgan fingerprint density at radius 1 is 0.882 bits per heavy atom. The van der Waals surface area contributed by atoms with Gasteiger partial charge >= 0.3 is 0 Å². The van der Waals surface area contributed by atoms with Crippen molar-refractivity contribution in [3.8, 4) is 11.5 Å². The molecule has 0 aliphatic carbocycles. The maximum absolute atomic E-state index is 3.31. The molecule has 2 aromatic rings. The minimum Gasteiger partial charge on any atom is -0.748 e. The van der Waals surface area contributed by atoms with E-state index in [0.717, 1.165) is 5.56 Å². The van der Waals surface area contributed by atoms with Gasteiger partial charge in [0.2, 0.25) is 0 Å². The van der Waals surface area contributed by atoms with Gasteiger partial charge in [0, 0.05) is 17.1 Å². The predicted octanol–water partition coefficient (Wildman–Crippen LogP) is 4.04. The molecule has 0 saturated heterocycles. The Balaban J connectivity index is 0.000000360. The van der Waals surface area contributed by atoms with Crippen molar-refractivity contribution in [1.82, 2.24) is 0 Å². The van der Waals surface area contributed by atoms with Crippen LogP contribution < -0.4 is 0 Å². The molecule has 0 atom stereocenters. The van der Waals surface area contributed by atoms with Crippen LogP contribution in [0.25, 0.3) is 0 Å². The maximum atomic E-state index is 3.31. The number of hydrogen-bond donors (Lipinski definition) is 0. The predicted molar refractivity (Wildman–Crippen MR) is 74.3 cm³/mol. The molecule has 0 aromatic heterocycles. The van der Waals surface area contributed by atoms with E-state index in [9.17, 15) is 0 Å². The second-order valence-corrected chi connectivity index (χ2v) is 9.39. The summed E-state index contributed by atoms with van der Waals surface area (Å²) in [6.45, 7) is 6.76. The zero-order valence-electron chi connectivity index (χ0n) is 10.5. The van der Waals surface area contributed by atoms with Crippen LogP contribution in [0.4, 0.5) is 0 Å². The van der Waals surface area contributed by atoms with Gasteiger partial charge in [0.15, 0.2) is 0 Å². The minimum absolute atomic E-state index is 0. The average molecular weight is 282 g/mol. The Labute approximate surface area is 116 Å². The normalized spacial score (nSPS) is 9.12. The first-order chi connectivity index (χ1) is 7.58. The van der Waals surface area contributed by atoms with Crippen LogP contribution >= 0.6 is 0 Å². The van der Waals surface area contributed by atoms with Gasteiger partial charge in [0.25, 0.3) is 0 Å². The van der Waals surface area contributed by atoms with Crippen molar-refractivity contribution < 1.29 is 17.1 Å². The molecule has 0 heterocycles. The second kappa shape index (κ2) is 8.14. The molecule has 0 saturated carbocycles. The van der Waals surface area contributed by atoms with E-state index in [1.165, 1.54) is 0 Å². The first-order valence-corrected chi connectivity index (χ1v) is 8.99. The van der Waals surface area contributed by atoms with Crippen LogP contribution in [0.5, 0.6) is 0 Å². The first kappa shape index (κ1) is 16.0. The molecule has 2 heteroatoms. The minimum atomic E-state index is -1.17. The summed E-state index contributed by atoms with van der Waals surface area (Å²) in [5.74, 6) is 3.18. The summed E-state index contributed by atoms with van der Waals surface area (Å²) in [5.41, 5.74) is 4.46. The molecule has 2 rings (SSSR count). The molecule has 0 radical (unpaired) electrons. The van der Waals surface area contributed by atoms with Gasteiger partial charge in [-0.2, -0.15) is 18.1 Å². The fourth-order valence-corrected chi connectivity index (χ4v) is 1.56. The molecule has 0 fully saturated rings. The molecule has 2 aromatic carbocycles. The van der Waals surface area contributed by atoms with Crippen molar-refractivity contribution in [2.45, 2.75) is 19.6 Å². The fraction of sp³-hybridized carbons (Fsp3) is 0.200. The van der Waals surface area contributed by atoms with Gasteiger partial charge in [-0.3, -0.25) is 0 Å². The van der Waals surface area contributed by atoms with E-state index >= 15 is 0 Å². The Morgan fingerprint density at radius 3 is 1.65 bits per heavy atom. The van der Waals surface area contributed by atoms with Crippen LogP contribution in [-0.4, -0.2) is 8.07 Å². The van der Waals surface area contributed by atoms with E-state index in [1.54, 1.807) is 0 Å². The Hall–Kier alpha value is -1.00. The van der Waals surface area contributed by atoms with Crippen molar-refractivity contribution >= 4 is 8.07 Å². The smallest absolute Gasteiger partial charge is 0.0678 e. The quantitative estimate of drug-likeness (QED) is 0.389. The van der Waals surface area contributed by atoms with Crippen LogP contribution in [0.3, 0.4) is 0 Å². The van der Waals surface area contributed by atoms with E-state index in [-0.39, 0.29) is 17.1 Å². The summed E-state index contributed by atoms with van der Waals surface area (Å²) >= 11 is 0. The van der Waals surface area contributed by atoms with Crippen molar-refractivity contribution in [3.05, 3.63) is 60.2 Å². The van der Waals surface area contributed by atoms with E-state index in [0.29, 0.717) is 0 Å². The van der Waals surface area contributed by atoms with Crippen molar-refractivity contribution in [1.29, 1.82) is 0 Å². The van der Waals surface area contributed by atoms with Gasteiger partial charge < -0.3 is 30.3 Å². The summed E-state index contributed by atoms with van der Waals surface area (Å²) < 4.78 is 0. The molecule has 0 N–H and O–H groups in total. The van der Waals surface area contributed by atoms with Crippen LogP contribution in [0.1, 0.15) is 5.56 Å². The van der Waals surface area contributed by atoms with E-state index in [4.69, 9.17) is 0 Å². The molecule has 0 nitrogen and oxygen atoms in total. The van der Waals surface area contributed by atoms with Crippen molar-refractivity contribution in [2.24, 2.45) is 0 Å².